The second-order valence-corrected chi connectivity index (χ2v) is 11.0. The van der Waals surface area contributed by atoms with Crippen LogP contribution in [-0.2, 0) is 11.3 Å². The van der Waals surface area contributed by atoms with Gasteiger partial charge in [0, 0.05) is 16.6 Å². The summed E-state index contributed by atoms with van der Waals surface area (Å²) in [6.07, 6.45) is 2.37. The van der Waals surface area contributed by atoms with Gasteiger partial charge in [-0.25, -0.2) is 9.69 Å². The molecule has 2 heterocycles. The van der Waals surface area contributed by atoms with Gasteiger partial charge in [0.05, 0.1) is 13.2 Å². The van der Waals surface area contributed by atoms with E-state index in [1.165, 1.54) is 4.90 Å². The second-order valence-electron chi connectivity index (χ2n) is 10.6. The highest BCUT2D eigenvalue weighted by Crippen LogP contribution is 2.46. The zero-order valence-corrected chi connectivity index (χ0v) is 20.6. The number of halogens is 1. The summed E-state index contributed by atoms with van der Waals surface area (Å²) < 4.78 is 5.85. The Balaban J connectivity index is 1.49. The minimum Gasteiger partial charge on any atom is -0.419 e. The smallest absolute Gasteiger partial charge is 0.326 e. The van der Waals surface area contributed by atoms with Crippen molar-refractivity contribution in [1.82, 2.24) is 25.3 Å². The average molecular weight is 474 g/mol. The number of benzene rings is 1. The third kappa shape index (κ3) is 4.92. The molecule has 8 nitrogen and oxygen atoms in total. The highest BCUT2D eigenvalue weighted by Gasteiger charge is 2.56. The van der Waals surface area contributed by atoms with Crippen molar-refractivity contribution in [3.63, 3.8) is 0 Å². The van der Waals surface area contributed by atoms with E-state index < -0.39 is 5.54 Å². The van der Waals surface area contributed by atoms with Crippen LogP contribution in [0.5, 0.6) is 0 Å². The van der Waals surface area contributed by atoms with E-state index in [-0.39, 0.29) is 30.1 Å². The fourth-order valence-corrected chi connectivity index (χ4v) is 5.54. The summed E-state index contributed by atoms with van der Waals surface area (Å²) in [5.41, 5.74) is -0.0390. The molecule has 3 amide bonds. The van der Waals surface area contributed by atoms with Gasteiger partial charge in [0.1, 0.15) is 5.54 Å². The van der Waals surface area contributed by atoms with E-state index in [1.807, 2.05) is 30.9 Å². The van der Waals surface area contributed by atoms with E-state index in [2.05, 4.69) is 36.3 Å². The van der Waals surface area contributed by atoms with Gasteiger partial charge in [0.2, 0.25) is 11.8 Å². The third-order valence-corrected chi connectivity index (χ3v) is 6.83. The Morgan fingerprint density at radius 3 is 2.55 bits per heavy atom. The molecule has 9 heteroatoms. The Hall–Kier alpha value is -2.45. The summed E-state index contributed by atoms with van der Waals surface area (Å²) in [5.74, 6) is 1.05. The Morgan fingerprint density at radius 1 is 1.21 bits per heavy atom. The fraction of sp³-hybridized carbons (Fsp3) is 0.583. The van der Waals surface area contributed by atoms with Gasteiger partial charge in [0.25, 0.3) is 5.91 Å². The van der Waals surface area contributed by atoms with Gasteiger partial charge >= 0.3 is 6.03 Å². The average Bonchev–Trinajstić information content (AvgIpc) is 3.25. The number of urea groups is 1. The minimum absolute atomic E-state index is 0.00379. The van der Waals surface area contributed by atoms with Crippen LogP contribution in [0, 0.1) is 11.3 Å². The Bertz CT molecular complexity index is 1030. The summed E-state index contributed by atoms with van der Waals surface area (Å²) in [5, 5.41) is 12.0. The molecule has 33 heavy (non-hydrogen) atoms. The first kappa shape index (κ1) is 23.7. The van der Waals surface area contributed by atoms with Crippen LogP contribution in [0.4, 0.5) is 4.79 Å². The molecular weight excluding hydrogens is 442 g/mol. The zero-order valence-electron chi connectivity index (χ0n) is 19.9. The van der Waals surface area contributed by atoms with Gasteiger partial charge in [-0.15, -0.1) is 10.2 Å². The van der Waals surface area contributed by atoms with Crippen molar-refractivity contribution in [2.75, 3.05) is 6.67 Å². The lowest BCUT2D eigenvalue weighted by molar-refractivity contribution is -0.136. The van der Waals surface area contributed by atoms with Gasteiger partial charge in [0.15, 0.2) is 0 Å². The number of carbonyl (C=O) groups excluding carboxylic acids is 2. The molecule has 1 saturated heterocycles. The van der Waals surface area contributed by atoms with Crippen molar-refractivity contribution in [3.05, 3.63) is 35.2 Å². The van der Waals surface area contributed by atoms with Crippen molar-refractivity contribution in [1.29, 1.82) is 0 Å². The van der Waals surface area contributed by atoms with E-state index in [9.17, 15) is 9.59 Å². The first-order valence-electron chi connectivity index (χ1n) is 11.4. The molecule has 2 aliphatic rings. The monoisotopic (exact) mass is 473 g/mol. The second kappa shape index (κ2) is 8.72. The SMILES string of the molecule is CC(C)N(Cc1nnc(-c2ccc(Cl)cc2)o1)CN1C(=O)N[C@]2(C[C@@H](C)CC(C)(C)C2)C1=O. The number of amides is 3. The summed E-state index contributed by atoms with van der Waals surface area (Å²) in [6, 6.07) is 6.89. The Labute approximate surface area is 199 Å². The van der Waals surface area contributed by atoms with Crippen LogP contribution in [0.25, 0.3) is 11.5 Å². The Kier molecular flexibility index (Phi) is 6.26. The van der Waals surface area contributed by atoms with E-state index in [0.29, 0.717) is 42.1 Å². The van der Waals surface area contributed by atoms with Crippen LogP contribution in [0.15, 0.2) is 28.7 Å². The molecule has 0 bridgehead atoms. The number of carbonyl (C=O) groups is 2. The van der Waals surface area contributed by atoms with Crippen molar-refractivity contribution in [2.45, 2.75) is 72.0 Å². The van der Waals surface area contributed by atoms with E-state index in [0.717, 1.165) is 12.0 Å². The van der Waals surface area contributed by atoms with Gasteiger partial charge < -0.3 is 9.73 Å². The van der Waals surface area contributed by atoms with Crippen LogP contribution in [0.2, 0.25) is 5.02 Å². The molecule has 178 valence electrons. The number of aromatic nitrogens is 2. The van der Waals surface area contributed by atoms with Crippen LogP contribution < -0.4 is 5.32 Å². The Morgan fingerprint density at radius 2 is 1.91 bits per heavy atom. The minimum atomic E-state index is -0.812. The van der Waals surface area contributed by atoms with Gasteiger partial charge in [-0.1, -0.05) is 32.4 Å². The van der Waals surface area contributed by atoms with Crippen molar-refractivity contribution in [3.8, 4) is 11.5 Å². The fourth-order valence-electron chi connectivity index (χ4n) is 5.41. The highest BCUT2D eigenvalue weighted by atomic mass is 35.5. The number of nitrogens with one attached hydrogen (secondary N) is 1. The molecule has 1 saturated carbocycles. The molecular formula is C24H32ClN5O3. The van der Waals surface area contributed by atoms with E-state index >= 15 is 0 Å². The predicted molar refractivity (Wildman–Crippen MR) is 125 cm³/mol. The van der Waals surface area contributed by atoms with Crippen molar-refractivity contribution < 1.29 is 14.0 Å². The molecule has 0 radical (unpaired) electrons. The lowest BCUT2D eigenvalue weighted by Crippen LogP contribution is -2.54. The maximum Gasteiger partial charge on any atom is 0.326 e. The molecule has 4 rings (SSSR count). The molecule has 1 aliphatic carbocycles. The number of nitrogens with zero attached hydrogens (tertiary/aromatic N) is 4. The first-order chi connectivity index (χ1) is 15.5. The van der Waals surface area contributed by atoms with Gasteiger partial charge in [-0.05, 0) is 68.7 Å². The lowest BCUT2D eigenvalue weighted by atomic mass is 9.64. The van der Waals surface area contributed by atoms with E-state index in [4.69, 9.17) is 16.0 Å². The first-order valence-corrected chi connectivity index (χ1v) is 11.8. The largest absolute Gasteiger partial charge is 0.419 e. The van der Waals surface area contributed by atoms with Crippen molar-refractivity contribution in [2.24, 2.45) is 11.3 Å². The van der Waals surface area contributed by atoms with Gasteiger partial charge in [-0.3, -0.25) is 9.69 Å². The molecule has 1 spiro atoms. The van der Waals surface area contributed by atoms with Crippen LogP contribution in [0.1, 0.15) is 59.8 Å². The highest BCUT2D eigenvalue weighted by molar-refractivity contribution is 6.30. The van der Waals surface area contributed by atoms with Crippen LogP contribution in [-0.4, -0.2) is 50.2 Å². The maximum absolute atomic E-state index is 13.5. The third-order valence-electron chi connectivity index (χ3n) is 6.57. The summed E-state index contributed by atoms with van der Waals surface area (Å²) >= 11 is 5.95. The topological polar surface area (TPSA) is 91.6 Å². The molecule has 0 unspecified atom stereocenters. The molecule has 1 aromatic carbocycles. The molecule has 2 atom stereocenters. The number of hydrogen-bond donors (Lipinski definition) is 1. The van der Waals surface area contributed by atoms with E-state index in [1.54, 1.807) is 12.1 Å². The van der Waals surface area contributed by atoms with Gasteiger partial charge in [-0.2, -0.15) is 0 Å². The van der Waals surface area contributed by atoms with Crippen LogP contribution >= 0.6 is 11.6 Å². The molecule has 1 aliphatic heterocycles. The molecule has 1 aromatic heterocycles. The number of hydrogen-bond acceptors (Lipinski definition) is 6. The molecule has 2 fully saturated rings. The van der Waals surface area contributed by atoms with Crippen LogP contribution in [0.3, 0.4) is 0 Å². The standard InChI is InChI=1S/C24H32ClN5O3/c1-15(2)29(12-19-27-28-20(33-19)17-6-8-18(25)9-7-17)14-30-21(31)24(26-22(30)32)11-16(3)10-23(4,5)13-24/h6-9,15-16H,10-14H2,1-5H3,(H,26,32)/t16-,24-/m0/s1. The molecule has 1 N–H and O–H groups in total. The summed E-state index contributed by atoms with van der Waals surface area (Å²) in [4.78, 5) is 29.7. The summed E-state index contributed by atoms with van der Waals surface area (Å²) in [6.45, 7) is 11.0. The summed E-state index contributed by atoms with van der Waals surface area (Å²) in [7, 11) is 0. The van der Waals surface area contributed by atoms with Crippen molar-refractivity contribution >= 4 is 23.5 Å². The predicted octanol–water partition coefficient (Wildman–Crippen LogP) is 4.69. The maximum atomic E-state index is 13.5. The molecule has 2 aromatic rings. The lowest BCUT2D eigenvalue weighted by Gasteiger charge is -2.44. The number of rotatable bonds is 6. The number of imide groups is 1. The quantitative estimate of drug-likeness (QED) is 0.611. The zero-order chi connectivity index (χ0) is 24.0. The normalized spacial score (nSPS) is 24.8.